The Morgan fingerprint density at radius 2 is 2.20 bits per heavy atom. The smallest absolute Gasteiger partial charge is 0.0613 e. The molecule has 10 heavy (non-hydrogen) atoms. The molecule has 0 radical (unpaired) electrons. The van der Waals surface area contributed by atoms with Gasteiger partial charge in [0, 0.05) is 5.54 Å². The zero-order valence-electron chi connectivity index (χ0n) is 5.97. The molecule has 2 saturated heterocycles. The van der Waals surface area contributed by atoms with E-state index < -0.39 is 0 Å². The Bertz CT molecular complexity index is 117. The number of rotatable bonds is 1. The maximum absolute atomic E-state index is 8.93. The van der Waals surface area contributed by atoms with E-state index in [2.05, 4.69) is 5.32 Å². The van der Waals surface area contributed by atoms with E-state index in [9.17, 15) is 0 Å². The van der Waals surface area contributed by atoms with Crippen molar-refractivity contribution in [3.63, 3.8) is 0 Å². The fourth-order valence-electron chi connectivity index (χ4n) is 2.12. The van der Waals surface area contributed by atoms with Crippen LogP contribution in [0.3, 0.4) is 0 Å². The summed E-state index contributed by atoms with van der Waals surface area (Å²) in [7, 11) is 0. The first-order valence-corrected chi connectivity index (χ1v) is 3.71. The third-order valence-corrected chi connectivity index (χ3v) is 2.71. The fraction of sp³-hybridized carbons (Fsp3) is 1.00. The van der Waals surface area contributed by atoms with Crippen molar-refractivity contribution in [3.05, 3.63) is 0 Å². The number of aliphatic hydroxyl groups is 1. The summed E-state index contributed by atoms with van der Waals surface area (Å²) in [5, 5.41) is 12.3. The molecule has 1 saturated carbocycles. The Hall–Kier alpha value is 0.210. The van der Waals surface area contributed by atoms with Crippen LogP contribution in [-0.2, 0) is 0 Å². The maximum Gasteiger partial charge on any atom is 0.0613 e. The van der Waals surface area contributed by atoms with Gasteiger partial charge in [-0.3, -0.25) is 0 Å². The van der Waals surface area contributed by atoms with E-state index in [1.807, 2.05) is 0 Å². The molecule has 0 spiro atoms. The lowest BCUT2D eigenvalue weighted by atomic mass is 9.64. The highest BCUT2D eigenvalue weighted by molar-refractivity contribution is 5.85. The number of hydrogen-bond donors (Lipinski definition) is 2. The van der Waals surface area contributed by atoms with Crippen LogP contribution in [0.4, 0.5) is 0 Å². The van der Waals surface area contributed by atoms with Crippen molar-refractivity contribution in [3.8, 4) is 0 Å². The average molecular weight is 164 g/mol. The Kier molecular flexibility index (Phi) is 2.23. The van der Waals surface area contributed by atoms with Crippen LogP contribution < -0.4 is 5.32 Å². The number of aliphatic hydroxyl groups excluding tert-OH is 1. The molecule has 2 aliphatic heterocycles. The van der Waals surface area contributed by atoms with Crippen LogP contribution in [0.2, 0.25) is 0 Å². The molecule has 0 aromatic rings. The van der Waals surface area contributed by atoms with Crippen LogP contribution in [0.15, 0.2) is 0 Å². The summed E-state index contributed by atoms with van der Waals surface area (Å²) in [6, 6.07) is 0. The van der Waals surface area contributed by atoms with Gasteiger partial charge in [0.05, 0.1) is 6.61 Å². The second-order valence-electron chi connectivity index (χ2n) is 3.43. The lowest BCUT2D eigenvalue weighted by molar-refractivity contribution is 0.00398. The third kappa shape index (κ3) is 1.04. The number of fused-ring (bicyclic) bond motifs is 2. The number of halogens is 1. The van der Waals surface area contributed by atoms with E-state index in [4.69, 9.17) is 5.11 Å². The van der Waals surface area contributed by atoms with Crippen LogP contribution in [0.5, 0.6) is 0 Å². The molecule has 0 aromatic heterocycles. The van der Waals surface area contributed by atoms with Crippen LogP contribution in [0, 0.1) is 5.92 Å². The third-order valence-electron chi connectivity index (χ3n) is 2.71. The standard InChI is InChI=1S/C7H13NO.ClH/c9-5-7-3-6(4-7)1-2-8-7;/h6,8-9H,1-5H2;1H. The van der Waals surface area contributed by atoms with E-state index in [-0.39, 0.29) is 17.9 Å². The van der Waals surface area contributed by atoms with Gasteiger partial charge in [-0.25, -0.2) is 0 Å². The molecule has 3 fully saturated rings. The van der Waals surface area contributed by atoms with Crippen molar-refractivity contribution in [1.29, 1.82) is 0 Å². The second-order valence-corrected chi connectivity index (χ2v) is 3.43. The van der Waals surface area contributed by atoms with Crippen molar-refractivity contribution in [2.24, 2.45) is 5.92 Å². The molecule has 3 heteroatoms. The van der Waals surface area contributed by atoms with Crippen molar-refractivity contribution in [2.75, 3.05) is 13.2 Å². The highest BCUT2D eigenvalue weighted by atomic mass is 35.5. The number of nitrogens with one attached hydrogen (secondary N) is 1. The van der Waals surface area contributed by atoms with Gasteiger partial charge in [0.25, 0.3) is 0 Å². The molecule has 0 unspecified atom stereocenters. The van der Waals surface area contributed by atoms with Crippen molar-refractivity contribution in [2.45, 2.75) is 24.8 Å². The first-order valence-electron chi connectivity index (χ1n) is 3.71. The molecule has 1 aliphatic carbocycles. The van der Waals surface area contributed by atoms with Gasteiger partial charge in [0.15, 0.2) is 0 Å². The number of hydrogen-bond acceptors (Lipinski definition) is 2. The molecular formula is C7H14ClNO. The molecule has 0 aromatic carbocycles. The first-order chi connectivity index (χ1) is 4.35. The van der Waals surface area contributed by atoms with Gasteiger partial charge >= 0.3 is 0 Å². The van der Waals surface area contributed by atoms with Gasteiger partial charge in [-0.05, 0) is 31.7 Å². The summed E-state index contributed by atoms with van der Waals surface area (Å²) < 4.78 is 0. The summed E-state index contributed by atoms with van der Waals surface area (Å²) >= 11 is 0. The largest absolute Gasteiger partial charge is 0.394 e. The summed E-state index contributed by atoms with van der Waals surface area (Å²) in [5.74, 6) is 0.929. The molecule has 60 valence electrons. The molecule has 3 aliphatic rings. The van der Waals surface area contributed by atoms with E-state index in [0.717, 1.165) is 12.5 Å². The van der Waals surface area contributed by atoms with E-state index >= 15 is 0 Å². The van der Waals surface area contributed by atoms with Crippen molar-refractivity contribution >= 4 is 12.4 Å². The van der Waals surface area contributed by atoms with Gasteiger partial charge < -0.3 is 10.4 Å². The van der Waals surface area contributed by atoms with Crippen LogP contribution in [-0.4, -0.2) is 23.8 Å². The van der Waals surface area contributed by atoms with E-state index in [1.165, 1.54) is 19.3 Å². The van der Waals surface area contributed by atoms with Crippen LogP contribution in [0.1, 0.15) is 19.3 Å². The molecule has 2 heterocycles. The second kappa shape index (κ2) is 2.68. The van der Waals surface area contributed by atoms with Gasteiger partial charge in [-0.15, -0.1) is 12.4 Å². The highest BCUT2D eigenvalue weighted by Crippen LogP contribution is 2.42. The predicted molar refractivity (Wildman–Crippen MR) is 42.4 cm³/mol. The number of piperidine rings is 2. The Morgan fingerprint density at radius 3 is 2.50 bits per heavy atom. The van der Waals surface area contributed by atoms with E-state index in [0.29, 0.717) is 6.61 Å². The maximum atomic E-state index is 8.93. The zero-order valence-corrected chi connectivity index (χ0v) is 6.78. The van der Waals surface area contributed by atoms with Crippen LogP contribution in [0.25, 0.3) is 0 Å². The monoisotopic (exact) mass is 163 g/mol. The minimum atomic E-state index is 0. The van der Waals surface area contributed by atoms with Gasteiger partial charge in [-0.1, -0.05) is 0 Å². The summed E-state index contributed by atoms with van der Waals surface area (Å²) in [4.78, 5) is 0. The highest BCUT2D eigenvalue weighted by Gasteiger charge is 2.46. The topological polar surface area (TPSA) is 32.3 Å². The first kappa shape index (κ1) is 8.31. The minimum Gasteiger partial charge on any atom is -0.394 e. The normalized spacial score (nSPS) is 43.5. The Labute approximate surface area is 67.4 Å². The lowest BCUT2D eigenvalue weighted by Crippen LogP contribution is -2.62. The lowest BCUT2D eigenvalue weighted by Gasteiger charge is -2.52. The van der Waals surface area contributed by atoms with Crippen molar-refractivity contribution in [1.82, 2.24) is 5.32 Å². The fourth-order valence-corrected chi connectivity index (χ4v) is 2.12. The summed E-state index contributed by atoms with van der Waals surface area (Å²) in [6.07, 6.45) is 3.74. The Balaban J connectivity index is 0.000000500. The van der Waals surface area contributed by atoms with Gasteiger partial charge in [0.1, 0.15) is 0 Å². The molecule has 2 N–H and O–H groups in total. The average Bonchev–Trinajstić information content (AvgIpc) is 1.88. The van der Waals surface area contributed by atoms with Crippen LogP contribution >= 0.6 is 12.4 Å². The quantitative estimate of drug-likeness (QED) is 0.592. The molecule has 2 nitrogen and oxygen atoms in total. The molecule has 0 atom stereocenters. The van der Waals surface area contributed by atoms with Crippen molar-refractivity contribution < 1.29 is 5.11 Å². The van der Waals surface area contributed by atoms with E-state index in [1.54, 1.807) is 0 Å². The SMILES string of the molecule is Cl.OCC12CC(CCN1)C2. The molecule has 3 rings (SSSR count). The minimum absolute atomic E-state index is 0. The zero-order chi connectivity index (χ0) is 6.32. The Morgan fingerprint density at radius 1 is 1.50 bits per heavy atom. The van der Waals surface area contributed by atoms with Gasteiger partial charge in [-0.2, -0.15) is 0 Å². The molecule has 0 amide bonds. The summed E-state index contributed by atoms with van der Waals surface area (Å²) in [5.41, 5.74) is 0.170. The summed E-state index contributed by atoms with van der Waals surface area (Å²) in [6.45, 7) is 1.45. The molecular weight excluding hydrogens is 150 g/mol. The van der Waals surface area contributed by atoms with Gasteiger partial charge in [0.2, 0.25) is 0 Å². The molecule has 2 bridgehead atoms. The predicted octanol–water partition coefficient (Wildman–Crippen LogP) is 0.543.